The standard InChI is InChI=1S/C13H19NOS/c1-10-8-12(11(2)16-10)13(15)9-14-6-4-3-5-7-14/h8H,3-7,9H2,1-2H3. The van der Waals surface area contributed by atoms with Gasteiger partial charge in [0, 0.05) is 15.3 Å². The Labute approximate surface area is 101 Å². The van der Waals surface area contributed by atoms with E-state index in [4.69, 9.17) is 0 Å². The largest absolute Gasteiger partial charge is 0.296 e. The van der Waals surface area contributed by atoms with Gasteiger partial charge in [-0.2, -0.15) is 0 Å². The van der Waals surface area contributed by atoms with Crippen molar-refractivity contribution in [3.63, 3.8) is 0 Å². The molecule has 0 saturated carbocycles. The van der Waals surface area contributed by atoms with Gasteiger partial charge in [-0.15, -0.1) is 11.3 Å². The summed E-state index contributed by atoms with van der Waals surface area (Å²) in [6, 6.07) is 2.03. The third-order valence-electron chi connectivity index (χ3n) is 3.16. The second-order valence-corrected chi connectivity index (χ2v) is 6.05. The van der Waals surface area contributed by atoms with Crippen molar-refractivity contribution in [2.45, 2.75) is 33.1 Å². The van der Waals surface area contributed by atoms with Crippen LogP contribution in [0.1, 0.15) is 39.4 Å². The molecule has 2 nitrogen and oxygen atoms in total. The molecule has 1 aromatic rings. The van der Waals surface area contributed by atoms with E-state index in [0.717, 1.165) is 18.7 Å². The fraction of sp³-hybridized carbons (Fsp3) is 0.615. The predicted molar refractivity (Wildman–Crippen MR) is 68.4 cm³/mol. The molecule has 1 aliphatic rings. The number of rotatable bonds is 3. The van der Waals surface area contributed by atoms with Gasteiger partial charge in [-0.25, -0.2) is 0 Å². The molecule has 1 aromatic heterocycles. The summed E-state index contributed by atoms with van der Waals surface area (Å²) in [6.45, 7) is 6.90. The lowest BCUT2D eigenvalue weighted by Crippen LogP contribution is -2.34. The van der Waals surface area contributed by atoms with Crippen LogP contribution in [-0.4, -0.2) is 30.3 Å². The first-order chi connectivity index (χ1) is 7.66. The summed E-state index contributed by atoms with van der Waals surface area (Å²) in [5, 5.41) is 0. The van der Waals surface area contributed by atoms with Crippen LogP contribution >= 0.6 is 11.3 Å². The number of Topliss-reactive ketones (excluding diaryl/α,β-unsaturated/α-hetero) is 1. The highest BCUT2D eigenvalue weighted by atomic mass is 32.1. The Morgan fingerprint density at radius 2 is 2.00 bits per heavy atom. The summed E-state index contributed by atoms with van der Waals surface area (Å²) in [5.74, 6) is 0.295. The topological polar surface area (TPSA) is 20.3 Å². The molecule has 0 aromatic carbocycles. The lowest BCUT2D eigenvalue weighted by atomic mass is 10.1. The molecule has 1 fully saturated rings. The van der Waals surface area contributed by atoms with E-state index in [0.29, 0.717) is 12.3 Å². The maximum atomic E-state index is 12.1. The summed E-state index contributed by atoms with van der Waals surface area (Å²) in [7, 11) is 0. The van der Waals surface area contributed by atoms with Crippen LogP contribution in [0.3, 0.4) is 0 Å². The molecule has 0 spiro atoms. The highest BCUT2D eigenvalue weighted by Gasteiger charge is 2.17. The van der Waals surface area contributed by atoms with Crippen LogP contribution in [0.5, 0.6) is 0 Å². The summed E-state index contributed by atoms with van der Waals surface area (Å²) in [5.41, 5.74) is 0.938. The molecule has 1 saturated heterocycles. The Kier molecular flexibility index (Phi) is 3.77. The summed E-state index contributed by atoms with van der Waals surface area (Å²) < 4.78 is 0. The number of hydrogen-bond acceptors (Lipinski definition) is 3. The zero-order chi connectivity index (χ0) is 11.5. The second kappa shape index (κ2) is 5.11. The maximum Gasteiger partial charge on any atom is 0.177 e. The van der Waals surface area contributed by atoms with E-state index in [2.05, 4.69) is 11.8 Å². The number of likely N-dealkylation sites (tertiary alicyclic amines) is 1. The summed E-state index contributed by atoms with van der Waals surface area (Å²) in [4.78, 5) is 16.8. The van der Waals surface area contributed by atoms with Crippen molar-refractivity contribution >= 4 is 17.1 Å². The van der Waals surface area contributed by atoms with Gasteiger partial charge in [-0.1, -0.05) is 6.42 Å². The molecule has 3 heteroatoms. The van der Waals surface area contributed by atoms with E-state index in [9.17, 15) is 4.79 Å². The molecule has 1 aliphatic heterocycles. The molecular weight excluding hydrogens is 218 g/mol. The fourth-order valence-electron chi connectivity index (χ4n) is 2.31. The van der Waals surface area contributed by atoms with Gasteiger partial charge in [0.2, 0.25) is 0 Å². The molecule has 0 N–H and O–H groups in total. The van der Waals surface area contributed by atoms with Crippen LogP contribution in [0, 0.1) is 13.8 Å². The lowest BCUT2D eigenvalue weighted by molar-refractivity contribution is 0.0915. The quantitative estimate of drug-likeness (QED) is 0.753. The Bertz CT molecular complexity index is 377. The van der Waals surface area contributed by atoms with E-state index >= 15 is 0 Å². The summed E-state index contributed by atoms with van der Waals surface area (Å²) >= 11 is 1.72. The van der Waals surface area contributed by atoms with Gasteiger partial charge in [-0.05, 0) is 45.8 Å². The predicted octanol–water partition coefficient (Wildman–Crippen LogP) is 3.03. The van der Waals surface area contributed by atoms with E-state index < -0.39 is 0 Å². The first-order valence-corrected chi connectivity index (χ1v) is 6.81. The van der Waals surface area contributed by atoms with Crippen molar-refractivity contribution in [2.24, 2.45) is 0 Å². The Morgan fingerprint density at radius 1 is 1.31 bits per heavy atom. The van der Waals surface area contributed by atoms with E-state index in [-0.39, 0.29) is 0 Å². The Balaban J connectivity index is 1.99. The van der Waals surface area contributed by atoms with Crippen molar-refractivity contribution < 1.29 is 4.79 Å². The molecule has 16 heavy (non-hydrogen) atoms. The third-order valence-corrected chi connectivity index (χ3v) is 4.12. The maximum absolute atomic E-state index is 12.1. The van der Waals surface area contributed by atoms with Crippen molar-refractivity contribution in [1.29, 1.82) is 0 Å². The van der Waals surface area contributed by atoms with Crippen LogP contribution in [-0.2, 0) is 0 Å². The minimum Gasteiger partial charge on any atom is -0.296 e. The number of piperidine rings is 1. The molecule has 2 rings (SSSR count). The highest BCUT2D eigenvalue weighted by Crippen LogP contribution is 2.21. The zero-order valence-electron chi connectivity index (χ0n) is 10.1. The van der Waals surface area contributed by atoms with Gasteiger partial charge in [0.25, 0.3) is 0 Å². The number of carbonyl (C=O) groups excluding carboxylic acids is 1. The van der Waals surface area contributed by atoms with Gasteiger partial charge in [0.1, 0.15) is 0 Å². The van der Waals surface area contributed by atoms with Gasteiger partial charge >= 0.3 is 0 Å². The van der Waals surface area contributed by atoms with Crippen molar-refractivity contribution in [3.05, 3.63) is 21.4 Å². The summed E-state index contributed by atoms with van der Waals surface area (Å²) in [6.07, 6.45) is 3.81. The molecule has 2 heterocycles. The average molecular weight is 237 g/mol. The van der Waals surface area contributed by atoms with Crippen molar-refractivity contribution in [1.82, 2.24) is 4.90 Å². The number of hydrogen-bond donors (Lipinski definition) is 0. The van der Waals surface area contributed by atoms with Gasteiger partial charge in [0.15, 0.2) is 5.78 Å². The molecular formula is C13H19NOS. The molecule has 0 atom stereocenters. The number of thiophene rings is 1. The fourth-order valence-corrected chi connectivity index (χ4v) is 3.26. The molecule has 0 unspecified atom stereocenters. The van der Waals surface area contributed by atoms with Gasteiger partial charge in [-0.3, -0.25) is 9.69 Å². The van der Waals surface area contributed by atoms with Crippen LogP contribution in [0.25, 0.3) is 0 Å². The molecule has 0 radical (unpaired) electrons. The van der Waals surface area contributed by atoms with Gasteiger partial charge in [0.05, 0.1) is 6.54 Å². The van der Waals surface area contributed by atoms with Crippen LogP contribution in [0.15, 0.2) is 6.07 Å². The zero-order valence-corrected chi connectivity index (χ0v) is 10.9. The molecule has 0 amide bonds. The van der Waals surface area contributed by atoms with E-state index in [1.165, 1.54) is 29.0 Å². The number of nitrogens with zero attached hydrogens (tertiary/aromatic N) is 1. The first kappa shape index (κ1) is 11.8. The normalized spacial score (nSPS) is 17.6. The number of aryl methyl sites for hydroxylation is 2. The average Bonchev–Trinajstić information content (AvgIpc) is 2.59. The van der Waals surface area contributed by atoms with Crippen LogP contribution in [0.4, 0.5) is 0 Å². The second-order valence-electron chi connectivity index (χ2n) is 4.59. The van der Waals surface area contributed by atoms with E-state index in [1.807, 2.05) is 13.0 Å². The first-order valence-electron chi connectivity index (χ1n) is 5.99. The lowest BCUT2D eigenvalue weighted by Gasteiger charge is -2.25. The van der Waals surface area contributed by atoms with Crippen molar-refractivity contribution in [2.75, 3.05) is 19.6 Å². The van der Waals surface area contributed by atoms with Crippen LogP contribution < -0.4 is 0 Å². The monoisotopic (exact) mass is 237 g/mol. The third kappa shape index (κ3) is 2.71. The van der Waals surface area contributed by atoms with Crippen LogP contribution in [0.2, 0.25) is 0 Å². The van der Waals surface area contributed by atoms with Crippen molar-refractivity contribution in [3.8, 4) is 0 Å². The Hall–Kier alpha value is -0.670. The Morgan fingerprint density at radius 3 is 2.56 bits per heavy atom. The molecule has 0 bridgehead atoms. The minimum absolute atomic E-state index is 0.295. The highest BCUT2D eigenvalue weighted by molar-refractivity contribution is 7.12. The SMILES string of the molecule is Cc1cc(C(=O)CN2CCCCC2)c(C)s1. The molecule has 0 aliphatic carbocycles. The van der Waals surface area contributed by atoms with Gasteiger partial charge < -0.3 is 0 Å². The number of carbonyl (C=O) groups is 1. The smallest absolute Gasteiger partial charge is 0.177 e. The molecule has 88 valence electrons. The van der Waals surface area contributed by atoms with E-state index in [1.54, 1.807) is 11.3 Å². The number of ketones is 1. The minimum atomic E-state index is 0.295.